The van der Waals surface area contributed by atoms with Crippen LogP contribution in [0, 0.1) is 5.82 Å². The number of nitrogens with zero attached hydrogens (tertiary/aromatic N) is 1. The van der Waals surface area contributed by atoms with E-state index in [1.165, 1.54) is 12.3 Å². The number of unbranched alkanes of at least 4 members (excludes halogenated alkanes) is 1. The lowest BCUT2D eigenvalue weighted by atomic mass is 10.2. The maximum Gasteiger partial charge on any atom is 0.266 e. The van der Waals surface area contributed by atoms with Crippen LogP contribution in [0.5, 0.6) is 0 Å². The van der Waals surface area contributed by atoms with Crippen LogP contribution in [0.1, 0.15) is 32.1 Å². The number of sulfonamides is 1. The van der Waals surface area contributed by atoms with Crippen molar-refractivity contribution in [3.8, 4) is 0 Å². The molecule has 1 aromatic heterocycles. The molecule has 1 aliphatic rings. The quantitative estimate of drug-likeness (QED) is 0.404. The van der Waals surface area contributed by atoms with Crippen molar-refractivity contribution >= 4 is 43.8 Å². The van der Waals surface area contributed by atoms with E-state index in [0.29, 0.717) is 12.6 Å². The molecular weight excluding hydrogens is 437 g/mol. The van der Waals surface area contributed by atoms with E-state index >= 15 is 0 Å². The summed E-state index contributed by atoms with van der Waals surface area (Å²) in [6.07, 6.45) is 6.49. The third-order valence-electron chi connectivity index (χ3n) is 4.84. The summed E-state index contributed by atoms with van der Waals surface area (Å²) in [5.74, 6) is -0.867. The normalized spacial score (nSPS) is 19.4. The van der Waals surface area contributed by atoms with E-state index in [4.69, 9.17) is 17.3 Å². The number of hydrogen-bond acceptors (Lipinski definition) is 7. The Bertz CT molecular complexity index is 911. The van der Waals surface area contributed by atoms with Crippen molar-refractivity contribution in [2.75, 3.05) is 23.1 Å². The van der Waals surface area contributed by atoms with Gasteiger partial charge in [0.25, 0.3) is 10.0 Å². The fourth-order valence-corrected chi connectivity index (χ4v) is 5.53. The van der Waals surface area contributed by atoms with E-state index in [1.807, 2.05) is 0 Å². The zero-order valence-electron chi connectivity index (χ0n) is 15.8. The number of nitrogens with one attached hydrogen (secondary N) is 3. The van der Waals surface area contributed by atoms with Gasteiger partial charge in [0, 0.05) is 35.2 Å². The van der Waals surface area contributed by atoms with E-state index < -0.39 is 20.7 Å². The Balaban J connectivity index is 1.54. The Morgan fingerprint density at radius 2 is 2.07 bits per heavy atom. The second kappa shape index (κ2) is 10.0. The number of halogens is 2. The van der Waals surface area contributed by atoms with Crippen molar-refractivity contribution in [1.29, 1.82) is 0 Å². The third-order valence-corrected chi connectivity index (χ3v) is 7.22. The molecule has 2 aromatic rings. The summed E-state index contributed by atoms with van der Waals surface area (Å²) >= 11 is 7.13. The van der Waals surface area contributed by atoms with Crippen molar-refractivity contribution in [1.82, 2.24) is 10.3 Å². The van der Waals surface area contributed by atoms with Gasteiger partial charge >= 0.3 is 0 Å². The minimum atomic E-state index is -4.14. The maximum atomic E-state index is 14.8. The molecule has 0 saturated heterocycles. The summed E-state index contributed by atoms with van der Waals surface area (Å²) in [6.45, 7) is 1.34. The molecule has 3 rings (SSSR count). The Morgan fingerprint density at radius 1 is 1.28 bits per heavy atom. The largest absolute Gasteiger partial charge is 0.383 e. The lowest BCUT2D eigenvalue weighted by Crippen LogP contribution is -2.41. The lowest BCUT2D eigenvalue weighted by molar-refractivity contribution is 0.468. The fourth-order valence-electron chi connectivity index (χ4n) is 3.33. The summed E-state index contributed by atoms with van der Waals surface area (Å²) in [5, 5.41) is 8.32. The molecule has 29 heavy (non-hydrogen) atoms. The summed E-state index contributed by atoms with van der Waals surface area (Å²) in [5.41, 5.74) is 6.09. The van der Waals surface area contributed by atoms with E-state index in [1.54, 1.807) is 5.38 Å². The highest BCUT2D eigenvalue weighted by Gasteiger charge is 2.24. The molecule has 5 N–H and O–H groups in total. The summed E-state index contributed by atoms with van der Waals surface area (Å²) < 4.78 is 42.1. The predicted molar refractivity (Wildman–Crippen MR) is 116 cm³/mol. The second-order valence-corrected chi connectivity index (χ2v) is 9.98. The smallest absolute Gasteiger partial charge is 0.266 e. The van der Waals surface area contributed by atoms with Crippen molar-refractivity contribution in [3.05, 3.63) is 34.5 Å². The molecule has 1 aliphatic carbocycles. The van der Waals surface area contributed by atoms with Gasteiger partial charge in [-0.3, -0.25) is 4.72 Å². The van der Waals surface area contributed by atoms with Crippen LogP contribution in [0.25, 0.3) is 0 Å². The first-order valence-electron chi connectivity index (χ1n) is 9.51. The van der Waals surface area contributed by atoms with Gasteiger partial charge in [0.15, 0.2) is 10.9 Å². The molecule has 0 amide bonds. The number of nitrogens with two attached hydrogens (primary N) is 1. The average Bonchev–Trinajstić information content (AvgIpc) is 3.31. The van der Waals surface area contributed by atoms with E-state index in [-0.39, 0.29) is 21.9 Å². The highest BCUT2D eigenvalue weighted by Crippen LogP contribution is 2.29. The van der Waals surface area contributed by atoms with Crippen molar-refractivity contribution in [2.45, 2.75) is 49.1 Å². The highest BCUT2D eigenvalue weighted by atomic mass is 35.5. The summed E-state index contributed by atoms with van der Waals surface area (Å²) in [4.78, 5) is 3.34. The van der Waals surface area contributed by atoms with Crippen LogP contribution in [0.4, 0.5) is 15.2 Å². The zero-order chi connectivity index (χ0) is 20.9. The minimum Gasteiger partial charge on any atom is -0.383 e. The number of benzene rings is 1. The number of thiazole rings is 1. The van der Waals surface area contributed by atoms with Gasteiger partial charge < -0.3 is 16.4 Å². The molecule has 1 saturated carbocycles. The van der Waals surface area contributed by atoms with Crippen LogP contribution in [0.3, 0.4) is 0 Å². The molecule has 0 bridgehead atoms. The van der Waals surface area contributed by atoms with Crippen LogP contribution < -0.4 is 21.1 Å². The van der Waals surface area contributed by atoms with Gasteiger partial charge in [-0.15, -0.1) is 11.3 Å². The molecule has 0 unspecified atom stereocenters. The van der Waals surface area contributed by atoms with Gasteiger partial charge in [0.05, 0.1) is 5.69 Å². The summed E-state index contributed by atoms with van der Waals surface area (Å²) in [7, 11) is -4.14. The Kier molecular flexibility index (Phi) is 7.69. The second-order valence-electron chi connectivity index (χ2n) is 7.00. The van der Waals surface area contributed by atoms with Crippen LogP contribution in [0.2, 0.25) is 5.02 Å². The summed E-state index contributed by atoms with van der Waals surface area (Å²) in [6, 6.07) is 3.08. The van der Waals surface area contributed by atoms with Gasteiger partial charge in [0.2, 0.25) is 0 Å². The van der Waals surface area contributed by atoms with E-state index in [9.17, 15) is 12.8 Å². The topological polar surface area (TPSA) is 109 Å². The van der Waals surface area contributed by atoms with Crippen molar-refractivity contribution in [3.63, 3.8) is 0 Å². The van der Waals surface area contributed by atoms with Gasteiger partial charge in [-0.2, -0.15) is 0 Å². The molecule has 2 atom stereocenters. The third kappa shape index (κ3) is 6.02. The minimum absolute atomic E-state index is 0.0581. The molecule has 0 spiro atoms. The van der Waals surface area contributed by atoms with Gasteiger partial charge in [-0.25, -0.2) is 17.8 Å². The monoisotopic (exact) mass is 461 g/mol. The zero-order valence-corrected chi connectivity index (χ0v) is 18.2. The maximum absolute atomic E-state index is 14.8. The predicted octanol–water partition coefficient (Wildman–Crippen LogP) is 3.40. The first-order chi connectivity index (χ1) is 13.9. The lowest BCUT2D eigenvalue weighted by Gasteiger charge is -2.17. The van der Waals surface area contributed by atoms with Crippen LogP contribution in [-0.2, 0) is 10.0 Å². The van der Waals surface area contributed by atoms with E-state index in [2.05, 4.69) is 20.3 Å². The molecule has 7 nitrogen and oxygen atoms in total. The SMILES string of the molecule is N[C@@H]1CCC[C@@H]1NCCCCNc1cc(Cl)cc(S(=O)(=O)Nc2nccs2)c1F. The highest BCUT2D eigenvalue weighted by molar-refractivity contribution is 7.93. The Hall–Kier alpha value is -1.46. The van der Waals surface area contributed by atoms with Crippen molar-refractivity contribution < 1.29 is 12.8 Å². The average molecular weight is 462 g/mol. The van der Waals surface area contributed by atoms with Gasteiger partial charge in [-0.1, -0.05) is 18.0 Å². The molecular formula is C18H25ClFN5O2S2. The number of aromatic nitrogens is 1. The van der Waals surface area contributed by atoms with Crippen LogP contribution >= 0.6 is 22.9 Å². The van der Waals surface area contributed by atoms with Gasteiger partial charge in [-0.05, 0) is 44.4 Å². The molecule has 0 radical (unpaired) electrons. The Labute approximate surface area is 179 Å². The molecule has 0 aliphatic heterocycles. The van der Waals surface area contributed by atoms with Crippen molar-refractivity contribution in [2.24, 2.45) is 5.73 Å². The standard InChI is InChI=1S/C18H25ClFN5O2S2/c19-12-10-15(23-7-2-1-6-22-14-5-3-4-13(14)21)17(20)16(11-12)29(26,27)25-18-24-8-9-28-18/h8-11,13-14,22-23H,1-7,21H2,(H,24,25)/t13-,14+/m1/s1. The van der Waals surface area contributed by atoms with Crippen LogP contribution in [-0.4, -0.2) is 38.6 Å². The molecule has 1 aromatic carbocycles. The fraction of sp³-hybridized carbons (Fsp3) is 0.500. The Morgan fingerprint density at radius 3 is 2.76 bits per heavy atom. The first-order valence-corrected chi connectivity index (χ1v) is 12.2. The van der Waals surface area contributed by atoms with E-state index in [0.717, 1.165) is 56.1 Å². The number of rotatable bonds is 10. The molecule has 1 heterocycles. The number of anilines is 2. The number of hydrogen-bond donors (Lipinski definition) is 4. The van der Waals surface area contributed by atoms with Crippen LogP contribution in [0.15, 0.2) is 28.6 Å². The molecule has 1 fully saturated rings. The molecule has 160 valence electrons. The first kappa shape index (κ1) is 22.2. The van der Waals surface area contributed by atoms with Gasteiger partial charge in [0.1, 0.15) is 4.90 Å². The molecule has 11 heteroatoms.